The van der Waals surface area contributed by atoms with Crippen LogP contribution in [-0.4, -0.2) is 20.6 Å². The zero-order valence-electron chi connectivity index (χ0n) is 16.7. The van der Waals surface area contributed by atoms with Crippen molar-refractivity contribution >= 4 is 28.9 Å². The highest BCUT2D eigenvalue weighted by Crippen LogP contribution is 2.35. The Kier molecular flexibility index (Phi) is 7.40. The van der Waals surface area contributed by atoms with Crippen molar-refractivity contribution < 1.29 is 22.9 Å². The standard InChI is InChI=1S/C18H12ClF3N4O3.C2H6/c1-10-8-16(18(20,21)22)25(24-10)14-7-6-13(9-15(14)26(28)29)23-17(27)11-2-4-12(19)5-3-11;1-2/h2-9H,1H3,(H,23,27);1-2H3. The number of alkyl halides is 3. The summed E-state index contributed by atoms with van der Waals surface area (Å²) in [6, 6.07) is 10.0. The maximum absolute atomic E-state index is 13.3. The van der Waals surface area contributed by atoms with Crippen molar-refractivity contribution in [3.8, 4) is 5.69 Å². The van der Waals surface area contributed by atoms with E-state index < -0.39 is 28.4 Å². The molecule has 0 aliphatic carbocycles. The molecule has 0 atom stereocenters. The average molecular weight is 455 g/mol. The van der Waals surface area contributed by atoms with E-state index in [0.717, 1.165) is 18.2 Å². The van der Waals surface area contributed by atoms with E-state index in [-0.39, 0.29) is 22.6 Å². The van der Waals surface area contributed by atoms with Crippen LogP contribution in [0.4, 0.5) is 24.5 Å². The highest BCUT2D eigenvalue weighted by molar-refractivity contribution is 6.30. The monoisotopic (exact) mass is 454 g/mol. The molecular formula is C20H18ClF3N4O3. The van der Waals surface area contributed by atoms with Crippen molar-refractivity contribution in [3.63, 3.8) is 0 Å². The van der Waals surface area contributed by atoms with E-state index in [2.05, 4.69) is 10.4 Å². The maximum atomic E-state index is 13.3. The minimum absolute atomic E-state index is 0.0397. The van der Waals surface area contributed by atoms with Crippen LogP contribution in [-0.2, 0) is 6.18 Å². The highest BCUT2D eigenvalue weighted by Gasteiger charge is 2.37. The van der Waals surface area contributed by atoms with Crippen molar-refractivity contribution in [2.45, 2.75) is 26.9 Å². The molecule has 1 amide bonds. The topological polar surface area (TPSA) is 90.1 Å². The summed E-state index contributed by atoms with van der Waals surface area (Å²) >= 11 is 5.76. The second-order valence-electron chi connectivity index (χ2n) is 6.00. The molecule has 1 heterocycles. The summed E-state index contributed by atoms with van der Waals surface area (Å²) in [5, 5.41) is 18.1. The van der Waals surface area contributed by atoms with Gasteiger partial charge in [0.15, 0.2) is 0 Å². The average Bonchev–Trinajstić information content (AvgIpc) is 3.12. The van der Waals surface area contributed by atoms with Crippen molar-refractivity contribution in [2.75, 3.05) is 5.32 Å². The number of nitrogens with one attached hydrogen (secondary N) is 1. The smallest absolute Gasteiger partial charge is 0.322 e. The molecule has 0 bridgehead atoms. The van der Waals surface area contributed by atoms with Gasteiger partial charge in [-0.15, -0.1) is 0 Å². The van der Waals surface area contributed by atoms with Gasteiger partial charge in [-0.1, -0.05) is 25.4 Å². The van der Waals surface area contributed by atoms with Gasteiger partial charge in [-0.3, -0.25) is 14.9 Å². The molecule has 0 saturated carbocycles. The Morgan fingerprint density at radius 3 is 2.29 bits per heavy atom. The lowest BCUT2D eigenvalue weighted by Gasteiger charge is -2.12. The van der Waals surface area contributed by atoms with E-state index in [1.54, 1.807) is 0 Å². The molecule has 3 aromatic rings. The fraction of sp³-hybridized carbons (Fsp3) is 0.200. The number of nitrogens with zero attached hydrogens (tertiary/aromatic N) is 3. The first-order valence-electron chi connectivity index (χ1n) is 9.06. The number of carbonyl (C=O) groups is 1. The summed E-state index contributed by atoms with van der Waals surface area (Å²) in [7, 11) is 0. The molecule has 7 nitrogen and oxygen atoms in total. The molecule has 0 aliphatic rings. The van der Waals surface area contributed by atoms with Crippen molar-refractivity contribution in [1.82, 2.24) is 9.78 Å². The van der Waals surface area contributed by atoms with Gasteiger partial charge in [0.25, 0.3) is 11.6 Å². The van der Waals surface area contributed by atoms with Gasteiger partial charge in [0.2, 0.25) is 0 Å². The van der Waals surface area contributed by atoms with Gasteiger partial charge < -0.3 is 5.32 Å². The predicted molar refractivity (Wildman–Crippen MR) is 111 cm³/mol. The Morgan fingerprint density at radius 2 is 1.74 bits per heavy atom. The van der Waals surface area contributed by atoms with Crippen molar-refractivity contribution in [1.29, 1.82) is 0 Å². The van der Waals surface area contributed by atoms with E-state index in [1.807, 2.05) is 13.8 Å². The van der Waals surface area contributed by atoms with Crippen LogP contribution in [0.2, 0.25) is 5.02 Å². The summed E-state index contributed by atoms with van der Waals surface area (Å²) in [4.78, 5) is 22.9. The molecule has 0 spiro atoms. The maximum Gasteiger partial charge on any atom is 0.433 e. The molecule has 11 heteroatoms. The van der Waals surface area contributed by atoms with E-state index >= 15 is 0 Å². The van der Waals surface area contributed by atoms with Crippen LogP contribution >= 0.6 is 11.6 Å². The third-order valence-electron chi connectivity index (χ3n) is 3.89. The molecule has 0 aliphatic heterocycles. The van der Waals surface area contributed by atoms with Crippen molar-refractivity contribution in [3.05, 3.63) is 80.6 Å². The summed E-state index contributed by atoms with van der Waals surface area (Å²) in [6.45, 7) is 5.35. The second-order valence-corrected chi connectivity index (χ2v) is 6.44. The van der Waals surface area contributed by atoms with Crippen LogP contribution in [0, 0.1) is 17.0 Å². The third kappa shape index (κ3) is 5.60. The van der Waals surface area contributed by atoms with Crippen LogP contribution in [0.25, 0.3) is 5.69 Å². The van der Waals surface area contributed by atoms with Gasteiger partial charge in [0.1, 0.15) is 11.4 Å². The lowest BCUT2D eigenvalue weighted by atomic mass is 10.2. The zero-order valence-corrected chi connectivity index (χ0v) is 17.5. The molecular weight excluding hydrogens is 437 g/mol. The first-order chi connectivity index (χ1) is 14.6. The minimum Gasteiger partial charge on any atom is -0.322 e. The number of hydrogen-bond acceptors (Lipinski definition) is 4. The Morgan fingerprint density at radius 1 is 1.13 bits per heavy atom. The third-order valence-corrected chi connectivity index (χ3v) is 4.14. The number of anilines is 1. The van der Waals surface area contributed by atoms with Crippen LogP contribution in [0.3, 0.4) is 0 Å². The van der Waals surface area contributed by atoms with E-state index in [9.17, 15) is 28.1 Å². The number of hydrogen-bond donors (Lipinski definition) is 1. The van der Waals surface area contributed by atoms with E-state index in [4.69, 9.17) is 11.6 Å². The van der Waals surface area contributed by atoms with Crippen LogP contribution in [0.1, 0.15) is 35.6 Å². The summed E-state index contributed by atoms with van der Waals surface area (Å²) in [5.74, 6) is -0.561. The molecule has 0 fully saturated rings. The SMILES string of the molecule is CC.Cc1cc(C(F)(F)F)n(-c2ccc(NC(=O)c3ccc(Cl)cc3)cc2[N+](=O)[O-])n1. The van der Waals surface area contributed by atoms with Gasteiger partial charge in [-0.05, 0) is 49.4 Å². The first-order valence-corrected chi connectivity index (χ1v) is 9.43. The fourth-order valence-corrected chi connectivity index (χ4v) is 2.74. The molecule has 1 N–H and O–H groups in total. The zero-order chi connectivity index (χ0) is 23.3. The number of nitro benzene ring substituents is 1. The molecule has 164 valence electrons. The lowest BCUT2D eigenvalue weighted by molar-refractivity contribution is -0.384. The van der Waals surface area contributed by atoms with Crippen LogP contribution in [0.15, 0.2) is 48.5 Å². The summed E-state index contributed by atoms with van der Waals surface area (Å²) in [6.07, 6.45) is -4.75. The Hall–Kier alpha value is -3.40. The largest absolute Gasteiger partial charge is 0.433 e. The fourth-order valence-electron chi connectivity index (χ4n) is 2.62. The van der Waals surface area contributed by atoms with E-state index in [1.165, 1.54) is 37.3 Å². The Bertz CT molecular complexity index is 1100. The molecule has 1 aromatic heterocycles. The van der Waals surface area contributed by atoms with Gasteiger partial charge in [0.05, 0.1) is 10.6 Å². The van der Waals surface area contributed by atoms with E-state index in [0.29, 0.717) is 9.70 Å². The van der Waals surface area contributed by atoms with Gasteiger partial charge in [0, 0.05) is 22.3 Å². The number of aryl methyl sites for hydroxylation is 1. The summed E-state index contributed by atoms with van der Waals surface area (Å²) < 4.78 is 40.2. The van der Waals surface area contributed by atoms with Gasteiger partial charge >= 0.3 is 6.18 Å². The number of aromatic nitrogens is 2. The van der Waals surface area contributed by atoms with Crippen LogP contribution < -0.4 is 5.32 Å². The summed E-state index contributed by atoms with van der Waals surface area (Å²) in [5.41, 5.74) is -1.82. The van der Waals surface area contributed by atoms with Gasteiger partial charge in [-0.2, -0.15) is 18.3 Å². The highest BCUT2D eigenvalue weighted by atomic mass is 35.5. The van der Waals surface area contributed by atoms with Crippen LogP contribution in [0.5, 0.6) is 0 Å². The number of benzene rings is 2. The Labute approximate surface area is 180 Å². The molecule has 0 unspecified atom stereocenters. The lowest BCUT2D eigenvalue weighted by Crippen LogP contribution is -2.15. The second kappa shape index (κ2) is 9.61. The molecule has 0 saturated heterocycles. The molecule has 31 heavy (non-hydrogen) atoms. The van der Waals surface area contributed by atoms with Crippen molar-refractivity contribution in [2.24, 2.45) is 0 Å². The van der Waals surface area contributed by atoms with Gasteiger partial charge in [-0.25, -0.2) is 4.68 Å². The minimum atomic E-state index is -4.75. The number of rotatable bonds is 4. The normalized spacial score (nSPS) is 10.8. The Balaban J connectivity index is 0.00000166. The first kappa shape index (κ1) is 23.9. The molecule has 0 radical (unpaired) electrons. The molecule has 3 rings (SSSR count). The number of halogens is 4. The number of amides is 1. The number of carbonyl (C=O) groups excluding carboxylic acids is 1. The molecule has 2 aromatic carbocycles. The quantitative estimate of drug-likeness (QED) is 0.384. The number of nitro groups is 1. The predicted octanol–water partition coefficient (Wildman–Crippen LogP) is 6.04.